The number of piperazine rings is 1. The molecule has 2 rings (SSSR count). The van der Waals surface area contributed by atoms with Gasteiger partial charge in [-0.2, -0.15) is 0 Å². The number of nitrogens with one attached hydrogen (secondary N) is 1. The second-order valence-electron chi connectivity index (χ2n) is 5.65. The Morgan fingerprint density at radius 3 is 2.81 bits per heavy atom. The lowest BCUT2D eigenvalue weighted by molar-refractivity contribution is 0.0584. The van der Waals surface area contributed by atoms with Gasteiger partial charge in [0.15, 0.2) is 0 Å². The van der Waals surface area contributed by atoms with Gasteiger partial charge in [0.2, 0.25) is 0 Å². The monoisotopic (exact) mass is 220 g/mol. The van der Waals surface area contributed by atoms with Crippen LogP contribution in [-0.4, -0.2) is 35.6 Å². The maximum Gasteiger partial charge on any atom is 0.0309 e. The highest BCUT2D eigenvalue weighted by atomic mass is 15.3. The summed E-state index contributed by atoms with van der Waals surface area (Å²) in [7, 11) is 0. The van der Waals surface area contributed by atoms with Crippen molar-refractivity contribution in [3.8, 4) is 12.3 Å². The number of hydrogen-bond donors (Lipinski definition) is 1. The molecule has 2 unspecified atom stereocenters. The summed E-state index contributed by atoms with van der Waals surface area (Å²) in [5.41, 5.74) is 0.412. The van der Waals surface area contributed by atoms with E-state index in [4.69, 9.17) is 6.42 Å². The van der Waals surface area contributed by atoms with E-state index >= 15 is 0 Å². The van der Waals surface area contributed by atoms with Crippen molar-refractivity contribution < 1.29 is 0 Å². The van der Waals surface area contributed by atoms with E-state index in [2.05, 4.69) is 30.0 Å². The summed E-state index contributed by atoms with van der Waals surface area (Å²) in [6, 6.07) is 1.15. The van der Waals surface area contributed by atoms with Crippen LogP contribution in [0.3, 0.4) is 0 Å². The van der Waals surface area contributed by atoms with Gasteiger partial charge in [-0.1, -0.05) is 12.8 Å². The van der Waals surface area contributed by atoms with Gasteiger partial charge in [-0.15, -0.1) is 12.3 Å². The summed E-state index contributed by atoms with van der Waals surface area (Å²) in [6.07, 6.45) is 11.8. The SMILES string of the molecule is C#CCC(C)N1CC2(CCCC2)NCC1C. The van der Waals surface area contributed by atoms with E-state index in [0.29, 0.717) is 17.6 Å². The van der Waals surface area contributed by atoms with Crippen LogP contribution in [0.5, 0.6) is 0 Å². The molecule has 0 radical (unpaired) electrons. The average Bonchev–Trinajstić information content (AvgIpc) is 2.71. The molecule has 2 nitrogen and oxygen atoms in total. The van der Waals surface area contributed by atoms with Crippen LogP contribution in [0.2, 0.25) is 0 Å². The second-order valence-corrected chi connectivity index (χ2v) is 5.65. The predicted molar refractivity (Wildman–Crippen MR) is 68.3 cm³/mol. The highest BCUT2D eigenvalue weighted by Crippen LogP contribution is 2.33. The Bertz CT molecular complexity index is 273. The third-order valence-corrected chi connectivity index (χ3v) is 4.36. The molecule has 1 saturated carbocycles. The molecule has 2 fully saturated rings. The van der Waals surface area contributed by atoms with Crippen molar-refractivity contribution in [1.29, 1.82) is 0 Å². The van der Waals surface area contributed by atoms with Crippen LogP contribution >= 0.6 is 0 Å². The molecule has 0 bridgehead atoms. The smallest absolute Gasteiger partial charge is 0.0309 e. The van der Waals surface area contributed by atoms with Crippen LogP contribution < -0.4 is 5.32 Å². The zero-order valence-electron chi connectivity index (χ0n) is 10.6. The maximum atomic E-state index is 5.43. The van der Waals surface area contributed by atoms with Crippen molar-refractivity contribution in [3.05, 3.63) is 0 Å². The molecule has 1 spiro atoms. The largest absolute Gasteiger partial charge is 0.308 e. The van der Waals surface area contributed by atoms with Crippen molar-refractivity contribution in [1.82, 2.24) is 10.2 Å². The Kier molecular flexibility index (Phi) is 3.56. The maximum absolute atomic E-state index is 5.43. The summed E-state index contributed by atoms with van der Waals surface area (Å²) in [4.78, 5) is 2.61. The van der Waals surface area contributed by atoms with Crippen molar-refractivity contribution >= 4 is 0 Å². The standard InChI is InChI=1S/C14H24N2/c1-4-7-12(2)16-11-14(8-5-6-9-14)15-10-13(16)3/h1,12-13,15H,5-11H2,2-3H3. The number of terminal acetylenes is 1. The van der Waals surface area contributed by atoms with Crippen molar-refractivity contribution in [2.24, 2.45) is 0 Å². The molecule has 2 aliphatic rings. The van der Waals surface area contributed by atoms with Gasteiger partial charge in [0.1, 0.15) is 0 Å². The number of rotatable bonds is 2. The second kappa shape index (κ2) is 4.77. The Morgan fingerprint density at radius 2 is 2.19 bits per heavy atom. The molecule has 2 heteroatoms. The Balaban J connectivity index is 2.03. The minimum Gasteiger partial charge on any atom is -0.308 e. The van der Waals surface area contributed by atoms with Crippen molar-refractivity contribution in [3.63, 3.8) is 0 Å². The van der Waals surface area contributed by atoms with Crippen molar-refractivity contribution in [2.45, 2.75) is 63.6 Å². The fourth-order valence-corrected chi connectivity index (χ4v) is 3.31. The van der Waals surface area contributed by atoms with Gasteiger partial charge in [-0.3, -0.25) is 4.90 Å². The molecule has 1 saturated heterocycles. The highest BCUT2D eigenvalue weighted by molar-refractivity contribution is 5.02. The van der Waals surface area contributed by atoms with Gasteiger partial charge in [0.05, 0.1) is 0 Å². The van der Waals surface area contributed by atoms with Crippen molar-refractivity contribution in [2.75, 3.05) is 13.1 Å². The molecule has 0 aromatic heterocycles. The van der Waals surface area contributed by atoms with E-state index in [0.717, 1.165) is 13.0 Å². The molecule has 0 aromatic rings. The fraction of sp³-hybridized carbons (Fsp3) is 0.857. The van der Waals surface area contributed by atoms with Crippen LogP contribution in [-0.2, 0) is 0 Å². The molecule has 16 heavy (non-hydrogen) atoms. The van der Waals surface area contributed by atoms with Gasteiger partial charge < -0.3 is 5.32 Å². The summed E-state index contributed by atoms with van der Waals surface area (Å²) < 4.78 is 0. The fourth-order valence-electron chi connectivity index (χ4n) is 3.31. The molecule has 1 aliphatic heterocycles. The molecule has 2 atom stereocenters. The van der Waals surface area contributed by atoms with E-state index in [9.17, 15) is 0 Å². The van der Waals surface area contributed by atoms with Gasteiger partial charge in [-0.25, -0.2) is 0 Å². The first-order valence-electron chi connectivity index (χ1n) is 6.61. The topological polar surface area (TPSA) is 15.3 Å². The van der Waals surface area contributed by atoms with Gasteiger partial charge in [0, 0.05) is 37.1 Å². The Labute approximate surface area is 99.8 Å². The van der Waals surface area contributed by atoms with Crippen LogP contribution in [0.15, 0.2) is 0 Å². The Morgan fingerprint density at radius 1 is 1.50 bits per heavy atom. The van der Waals surface area contributed by atoms with E-state index in [1.54, 1.807) is 0 Å². The minimum atomic E-state index is 0.412. The number of nitrogens with zero attached hydrogens (tertiary/aromatic N) is 1. The van der Waals surface area contributed by atoms with Gasteiger partial charge in [-0.05, 0) is 26.7 Å². The van der Waals surface area contributed by atoms with E-state index in [-0.39, 0.29) is 0 Å². The third-order valence-electron chi connectivity index (χ3n) is 4.36. The lowest BCUT2D eigenvalue weighted by Crippen LogP contribution is -2.64. The summed E-state index contributed by atoms with van der Waals surface area (Å²) in [5.74, 6) is 2.80. The summed E-state index contributed by atoms with van der Waals surface area (Å²) in [6.45, 7) is 6.89. The average molecular weight is 220 g/mol. The lowest BCUT2D eigenvalue weighted by Gasteiger charge is -2.47. The molecular formula is C14H24N2. The molecule has 0 amide bonds. The Hall–Kier alpha value is -0.520. The van der Waals surface area contributed by atoms with Crippen LogP contribution in [0, 0.1) is 12.3 Å². The van der Waals surface area contributed by atoms with Crippen LogP contribution in [0.1, 0.15) is 46.0 Å². The van der Waals surface area contributed by atoms with E-state index in [1.807, 2.05) is 0 Å². The normalized spacial score (nSPS) is 31.4. The van der Waals surface area contributed by atoms with Gasteiger partial charge in [0.25, 0.3) is 0 Å². The zero-order valence-corrected chi connectivity index (χ0v) is 10.6. The van der Waals surface area contributed by atoms with E-state index < -0.39 is 0 Å². The molecule has 1 N–H and O–H groups in total. The first-order chi connectivity index (χ1) is 7.67. The minimum absolute atomic E-state index is 0.412. The number of hydrogen-bond acceptors (Lipinski definition) is 2. The van der Waals surface area contributed by atoms with Crippen LogP contribution in [0.4, 0.5) is 0 Å². The molecule has 1 heterocycles. The zero-order chi connectivity index (χ0) is 11.6. The van der Waals surface area contributed by atoms with Crippen LogP contribution in [0.25, 0.3) is 0 Å². The predicted octanol–water partition coefficient (Wildman–Crippen LogP) is 2.00. The molecule has 1 aliphatic carbocycles. The highest BCUT2D eigenvalue weighted by Gasteiger charge is 2.40. The van der Waals surface area contributed by atoms with E-state index in [1.165, 1.54) is 32.2 Å². The molecule has 0 aromatic carbocycles. The summed E-state index contributed by atoms with van der Waals surface area (Å²) >= 11 is 0. The first kappa shape index (κ1) is 12.0. The molecule has 90 valence electrons. The molecular weight excluding hydrogens is 196 g/mol. The first-order valence-corrected chi connectivity index (χ1v) is 6.61. The summed E-state index contributed by atoms with van der Waals surface area (Å²) in [5, 5.41) is 3.78. The quantitative estimate of drug-likeness (QED) is 0.716. The third kappa shape index (κ3) is 2.26. The van der Waals surface area contributed by atoms with Gasteiger partial charge >= 0.3 is 0 Å². The lowest BCUT2D eigenvalue weighted by atomic mass is 9.91.